The fourth-order valence-corrected chi connectivity index (χ4v) is 7.67. The SMILES string of the molecule is CC1(C)Oc2ccc(C#N)cc2C(N2CCCC2=O)C1OCOP(=O)(O)OCOC1C(N2CCCC2=O)c2cc(C#N)ccc2OC1(C)C.CO. The molecule has 2 aromatic carbocycles. The summed E-state index contributed by atoms with van der Waals surface area (Å²) in [5, 5.41) is 26.1. The molecule has 2 N–H and O–H groups in total. The lowest BCUT2D eigenvalue weighted by atomic mass is 9.85. The third-order valence-corrected chi connectivity index (χ3v) is 10.3. The third-order valence-electron chi connectivity index (χ3n) is 9.42. The fourth-order valence-electron chi connectivity index (χ4n) is 7.20. The van der Waals surface area contributed by atoms with Crippen LogP contribution in [0.4, 0.5) is 0 Å². The Hall–Kier alpha value is -4.05. The molecule has 16 heteroatoms. The van der Waals surface area contributed by atoms with Crippen molar-refractivity contribution in [1.82, 2.24) is 9.80 Å². The molecule has 2 amide bonds. The lowest BCUT2D eigenvalue weighted by Crippen LogP contribution is -2.55. The first kappa shape index (κ1) is 38.2. The molecule has 6 rings (SSSR count). The van der Waals surface area contributed by atoms with Gasteiger partial charge in [0.1, 0.15) is 34.9 Å². The van der Waals surface area contributed by atoms with Crippen LogP contribution in [0.15, 0.2) is 36.4 Å². The number of carbonyl (C=O) groups is 2. The Kier molecular flexibility index (Phi) is 11.4. The van der Waals surface area contributed by atoms with E-state index in [2.05, 4.69) is 12.1 Å². The summed E-state index contributed by atoms with van der Waals surface area (Å²) in [7, 11) is -3.76. The van der Waals surface area contributed by atoms with Gasteiger partial charge in [0.2, 0.25) is 11.8 Å². The van der Waals surface area contributed by atoms with E-state index in [1.165, 1.54) is 0 Å². The number of phosphoric ester groups is 1. The standard InChI is InChI=1S/C34H39N4O10P.CH4O/c1-33(2)31(29(37-13-5-7-27(37)39)23-15-21(17-35)9-11-25(23)47-33)43-19-45-49(41,42)46-20-44-32-30(38-14-6-8-28(38)40)24-16-22(18-36)10-12-26(24)48-34(32,3)4;1-2/h9-12,15-16,29-32H,5-8,13-14,19-20H2,1-4H3,(H,41,42);2H,1H3. The Labute approximate surface area is 296 Å². The predicted octanol–water partition coefficient (Wildman–Crippen LogP) is 4.23. The van der Waals surface area contributed by atoms with Crippen molar-refractivity contribution in [3.8, 4) is 23.6 Å². The molecule has 4 heterocycles. The number of fused-ring (bicyclic) bond motifs is 2. The van der Waals surface area contributed by atoms with E-state index in [9.17, 15) is 29.6 Å². The molecule has 15 nitrogen and oxygen atoms in total. The molecule has 4 unspecified atom stereocenters. The van der Waals surface area contributed by atoms with Crippen molar-refractivity contribution in [2.24, 2.45) is 0 Å². The van der Waals surface area contributed by atoms with Gasteiger partial charge < -0.3 is 38.7 Å². The number of carbonyl (C=O) groups excluding carboxylic acids is 2. The minimum absolute atomic E-state index is 0.0751. The first-order valence-corrected chi connectivity index (χ1v) is 18.1. The average molecular weight is 727 g/mol. The number of nitriles is 2. The summed E-state index contributed by atoms with van der Waals surface area (Å²) < 4.78 is 48.0. The van der Waals surface area contributed by atoms with Crippen LogP contribution in [-0.4, -0.2) is 88.8 Å². The van der Waals surface area contributed by atoms with Crippen molar-refractivity contribution in [3.63, 3.8) is 0 Å². The smallest absolute Gasteiger partial charge is 0.476 e. The molecule has 4 atom stereocenters. The molecule has 0 bridgehead atoms. The highest BCUT2D eigenvalue weighted by Crippen LogP contribution is 2.49. The molecule has 0 aliphatic carbocycles. The number of phosphoric acid groups is 1. The zero-order valence-corrected chi connectivity index (χ0v) is 30.1. The van der Waals surface area contributed by atoms with Crippen molar-refractivity contribution < 1.29 is 52.1 Å². The number of nitrogens with zero attached hydrogens (tertiary/aromatic N) is 4. The third kappa shape index (κ3) is 7.91. The molecular formula is C35H43N4O11P. The molecule has 51 heavy (non-hydrogen) atoms. The molecule has 0 spiro atoms. The maximum absolute atomic E-state index is 13.1. The number of benzene rings is 2. The van der Waals surface area contributed by atoms with E-state index in [0.29, 0.717) is 72.5 Å². The van der Waals surface area contributed by atoms with Gasteiger partial charge in [-0.25, -0.2) is 4.57 Å². The topological polar surface area (TPSA) is 201 Å². The van der Waals surface area contributed by atoms with Crippen LogP contribution < -0.4 is 9.47 Å². The van der Waals surface area contributed by atoms with Gasteiger partial charge in [0.05, 0.1) is 35.3 Å². The van der Waals surface area contributed by atoms with Crippen LogP contribution in [0, 0.1) is 22.7 Å². The monoisotopic (exact) mass is 726 g/mol. The van der Waals surface area contributed by atoms with E-state index in [-0.39, 0.29) is 11.8 Å². The lowest BCUT2D eigenvalue weighted by molar-refractivity contribution is -0.175. The van der Waals surface area contributed by atoms with Gasteiger partial charge in [-0.2, -0.15) is 10.5 Å². The van der Waals surface area contributed by atoms with Crippen molar-refractivity contribution in [3.05, 3.63) is 58.7 Å². The Balaban J connectivity index is 0.00000248. The summed E-state index contributed by atoms with van der Waals surface area (Å²) in [5.74, 6) is 0.873. The van der Waals surface area contributed by atoms with Gasteiger partial charge in [0.25, 0.3) is 0 Å². The summed E-state index contributed by atoms with van der Waals surface area (Å²) in [5.41, 5.74) is -0.0302. The van der Waals surface area contributed by atoms with Crippen LogP contribution in [0.25, 0.3) is 0 Å². The van der Waals surface area contributed by atoms with Crippen LogP contribution in [0.2, 0.25) is 0 Å². The molecule has 0 aromatic heterocycles. The molecule has 4 aliphatic heterocycles. The summed E-state index contributed by atoms with van der Waals surface area (Å²) in [4.78, 5) is 39.8. The number of ether oxygens (including phenoxy) is 4. The minimum Gasteiger partial charge on any atom is -0.485 e. The lowest BCUT2D eigenvalue weighted by Gasteiger charge is -2.47. The molecule has 4 aliphatic rings. The highest BCUT2D eigenvalue weighted by atomic mass is 31.2. The van der Waals surface area contributed by atoms with E-state index in [0.717, 1.165) is 7.11 Å². The number of hydrogen-bond acceptors (Lipinski definition) is 12. The second-order valence-electron chi connectivity index (χ2n) is 13.5. The zero-order chi connectivity index (χ0) is 37.1. The van der Waals surface area contributed by atoms with Gasteiger partial charge in [-0.05, 0) is 76.9 Å². The summed E-state index contributed by atoms with van der Waals surface area (Å²) in [6.07, 6.45) is 0.374. The molecule has 0 saturated carbocycles. The zero-order valence-electron chi connectivity index (χ0n) is 29.2. The highest BCUT2D eigenvalue weighted by Gasteiger charge is 2.51. The Morgan fingerprint density at radius 3 is 1.51 bits per heavy atom. The minimum atomic E-state index is -4.76. The maximum Gasteiger partial charge on any atom is 0.476 e. The van der Waals surface area contributed by atoms with Gasteiger partial charge in [-0.1, -0.05) is 0 Å². The summed E-state index contributed by atoms with van der Waals surface area (Å²) >= 11 is 0. The van der Waals surface area contributed by atoms with Gasteiger partial charge >= 0.3 is 7.82 Å². The van der Waals surface area contributed by atoms with Gasteiger partial charge in [-0.15, -0.1) is 0 Å². The number of aliphatic hydroxyl groups excluding tert-OH is 1. The van der Waals surface area contributed by atoms with E-state index in [1.807, 2.05) is 0 Å². The number of likely N-dealkylation sites (tertiary alicyclic amines) is 2. The van der Waals surface area contributed by atoms with Crippen LogP contribution in [0.1, 0.15) is 87.7 Å². The second-order valence-corrected chi connectivity index (χ2v) is 15.0. The Bertz CT molecular complexity index is 1650. The van der Waals surface area contributed by atoms with Crippen molar-refractivity contribution in [1.29, 1.82) is 10.5 Å². The summed E-state index contributed by atoms with van der Waals surface area (Å²) in [6, 6.07) is 12.9. The molecule has 2 fully saturated rings. The van der Waals surface area contributed by atoms with Crippen LogP contribution in [0.3, 0.4) is 0 Å². The van der Waals surface area contributed by atoms with Crippen LogP contribution >= 0.6 is 7.82 Å². The van der Waals surface area contributed by atoms with E-state index >= 15 is 0 Å². The highest BCUT2D eigenvalue weighted by molar-refractivity contribution is 7.47. The first-order chi connectivity index (χ1) is 24.2. The normalized spacial score (nSPS) is 25.6. The number of hydrogen-bond donors (Lipinski definition) is 2. The molecule has 274 valence electrons. The Morgan fingerprint density at radius 1 is 0.784 bits per heavy atom. The first-order valence-electron chi connectivity index (χ1n) is 16.6. The maximum atomic E-state index is 13.1. The molecule has 2 aromatic rings. The van der Waals surface area contributed by atoms with Gasteiger partial charge in [0.15, 0.2) is 13.6 Å². The van der Waals surface area contributed by atoms with Gasteiger partial charge in [0, 0.05) is 44.2 Å². The van der Waals surface area contributed by atoms with Gasteiger partial charge in [-0.3, -0.25) is 18.6 Å². The molecule has 0 radical (unpaired) electrons. The Morgan fingerprint density at radius 2 is 1.18 bits per heavy atom. The van der Waals surface area contributed by atoms with E-state index < -0.39 is 56.9 Å². The quantitative estimate of drug-likeness (QED) is 0.261. The second kappa shape index (κ2) is 15.3. The van der Waals surface area contributed by atoms with Crippen LogP contribution in [-0.2, 0) is 32.7 Å². The van der Waals surface area contributed by atoms with Crippen LogP contribution in [0.5, 0.6) is 11.5 Å². The van der Waals surface area contributed by atoms with Crippen molar-refractivity contribution >= 4 is 19.6 Å². The summed E-state index contributed by atoms with van der Waals surface area (Å²) in [6.45, 7) is 6.69. The van der Waals surface area contributed by atoms with Crippen molar-refractivity contribution in [2.45, 2.75) is 88.9 Å². The number of aliphatic hydroxyl groups is 1. The van der Waals surface area contributed by atoms with Crippen molar-refractivity contribution in [2.75, 3.05) is 33.8 Å². The van der Waals surface area contributed by atoms with E-state index in [1.54, 1.807) is 73.9 Å². The molecule has 2 saturated heterocycles. The largest absolute Gasteiger partial charge is 0.485 e. The number of rotatable bonds is 10. The molecular weight excluding hydrogens is 683 g/mol. The van der Waals surface area contributed by atoms with E-state index in [4.69, 9.17) is 33.1 Å². The number of amides is 2. The predicted molar refractivity (Wildman–Crippen MR) is 179 cm³/mol. The fraction of sp³-hybridized carbons (Fsp3) is 0.543. The average Bonchev–Trinajstić information content (AvgIpc) is 3.72.